The third kappa shape index (κ3) is 3.65. The van der Waals surface area contributed by atoms with Crippen LogP contribution in [-0.2, 0) is 4.79 Å². The summed E-state index contributed by atoms with van der Waals surface area (Å²) in [6.07, 6.45) is 2.06. The lowest BCUT2D eigenvalue weighted by atomic mass is 9.80. The number of hydrogen-bond donors (Lipinski definition) is 1. The largest absolute Gasteiger partial charge is 0.326 e. The van der Waals surface area contributed by atoms with Crippen molar-refractivity contribution in [2.75, 3.05) is 18.4 Å². The van der Waals surface area contributed by atoms with Crippen molar-refractivity contribution in [1.82, 2.24) is 4.90 Å². The zero-order valence-corrected chi connectivity index (χ0v) is 14.0. The van der Waals surface area contributed by atoms with E-state index in [0.717, 1.165) is 31.6 Å². The minimum atomic E-state index is -0.290. The number of rotatable bonds is 3. The topological polar surface area (TPSA) is 32.3 Å². The van der Waals surface area contributed by atoms with Gasteiger partial charge in [-0.15, -0.1) is 0 Å². The van der Waals surface area contributed by atoms with Gasteiger partial charge in [-0.25, -0.2) is 0 Å². The number of anilines is 1. The second-order valence-corrected chi connectivity index (χ2v) is 6.98. The number of piperidine rings is 1. The van der Waals surface area contributed by atoms with E-state index in [2.05, 4.69) is 57.0 Å². The average Bonchev–Trinajstić information content (AvgIpc) is 2.43. The van der Waals surface area contributed by atoms with Crippen LogP contribution in [0.2, 0.25) is 0 Å². The van der Waals surface area contributed by atoms with E-state index < -0.39 is 0 Å². The van der Waals surface area contributed by atoms with Crippen LogP contribution in [0, 0.1) is 19.3 Å². The van der Waals surface area contributed by atoms with E-state index in [1.165, 1.54) is 11.1 Å². The predicted molar refractivity (Wildman–Crippen MR) is 88.6 cm³/mol. The summed E-state index contributed by atoms with van der Waals surface area (Å²) in [5.41, 5.74) is 3.08. The Kier molecular flexibility index (Phi) is 4.72. The molecule has 1 aromatic rings. The van der Waals surface area contributed by atoms with Crippen LogP contribution in [0.4, 0.5) is 5.69 Å². The minimum Gasteiger partial charge on any atom is -0.326 e. The Morgan fingerprint density at radius 2 is 2.00 bits per heavy atom. The van der Waals surface area contributed by atoms with E-state index in [0.29, 0.717) is 6.04 Å². The van der Waals surface area contributed by atoms with Crippen molar-refractivity contribution in [3.8, 4) is 0 Å². The number of aryl methyl sites for hydroxylation is 2. The monoisotopic (exact) mass is 288 g/mol. The molecule has 1 fully saturated rings. The van der Waals surface area contributed by atoms with E-state index in [-0.39, 0.29) is 11.3 Å². The molecule has 1 aliphatic heterocycles. The van der Waals surface area contributed by atoms with Crippen LogP contribution in [0.15, 0.2) is 18.2 Å². The molecular weight excluding hydrogens is 260 g/mol. The second-order valence-electron chi connectivity index (χ2n) is 6.98. The Morgan fingerprint density at radius 3 is 2.62 bits per heavy atom. The quantitative estimate of drug-likeness (QED) is 0.918. The number of likely N-dealkylation sites (tertiary alicyclic amines) is 1. The van der Waals surface area contributed by atoms with Crippen LogP contribution in [0.25, 0.3) is 0 Å². The third-order valence-corrected chi connectivity index (χ3v) is 4.77. The van der Waals surface area contributed by atoms with E-state index in [9.17, 15) is 4.79 Å². The molecule has 1 aromatic carbocycles. The third-order valence-electron chi connectivity index (χ3n) is 4.77. The van der Waals surface area contributed by atoms with Crippen molar-refractivity contribution < 1.29 is 4.79 Å². The fourth-order valence-electron chi connectivity index (χ4n) is 3.01. The van der Waals surface area contributed by atoms with Gasteiger partial charge in [-0.1, -0.05) is 6.07 Å². The summed E-state index contributed by atoms with van der Waals surface area (Å²) >= 11 is 0. The molecule has 3 heteroatoms. The first-order valence-electron chi connectivity index (χ1n) is 7.94. The molecule has 0 radical (unpaired) electrons. The highest BCUT2D eigenvalue weighted by Gasteiger charge is 2.38. The molecule has 2 rings (SSSR count). The van der Waals surface area contributed by atoms with Crippen LogP contribution in [0.5, 0.6) is 0 Å². The summed E-state index contributed by atoms with van der Waals surface area (Å²) < 4.78 is 0. The average molecular weight is 288 g/mol. The van der Waals surface area contributed by atoms with E-state index in [4.69, 9.17) is 0 Å². The van der Waals surface area contributed by atoms with Crippen molar-refractivity contribution in [3.05, 3.63) is 29.3 Å². The maximum absolute atomic E-state index is 12.7. The van der Waals surface area contributed by atoms with Crippen LogP contribution in [0.3, 0.4) is 0 Å². The maximum atomic E-state index is 12.7. The highest BCUT2D eigenvalue weighted by molar-refractivity contribution is 5.95. The Morgan fingerprint density at radius 1 is 1.29 bits per heavy atom. The van der Waals surface area contributed by atoms with Gasteiger partial charge in [-0.3, -0.25) is 9.69 Å². The first-order chi connectivity index (χ1) is 9.82. The number of hydrogen-bond acceptors (Lipinski definition) is 2. The maximum Gasteiger partial charge on any atom is 0.231 e. The van der Waals surface area contributed by atoms with Gasteiger partial charge in [0, 0.05) is 18.3 Å². The highest BCUT2D eigenvalue weighted by atomic mass is 16.2. The Balaban J connectivity index is 2.09. The number of carbonyl (C=O) groups excluding carboxylic acids is 1. The van der Waals surface area contributed by atoms with E-state index in [1.807, 2.05) is 6.07 Å². The van der Waals surface area contributed by atoms with Crippen molar-refractivity contribution in [1.29, 1.82) is 0 Å². The van der Waals surface area contributed by atoms with Crippen LogP contribution >= 0.6 is 0 Å². The van der Waals surface area contributed by atoms with Gasteiger partial charge in [0.25, 0.3) is 0 Å². The first kappa shape index (κ1) is 16.0. The number of benzene rings is 1. The summed E-state index contributed by atoms with van der Waals surface area (Å²) in [7, 11) is 0. The molecule has 1 saturated heterocycles. The zero-order valence-electron chi connectivity index (χ0n) is 14.0. The molecule has 0 bridgehead atoms. The lowest BCUT2D eigenvalue weighted by Gasteiger charge is -2.41. The molecule has 3 nitrogen and oxygen atoms in total. The molecular formula is C18H28N2O. The van der Waals surface area contributed by atoms with Crippen molar-refractivity contribution in [2.24, 2.45) is 5.41 Å². The van der Waals surface area contributed by atoms with Crippen LogP contribution in [-0.4, -0.2) is 29.9 Å². The van der Waals surface area contributed by atoms with Gasteiger partial charge < -0.3 is 5.32 Å². The van der Waals surface area contributed by atoms with Gasteiger partial charge in [0.15, 0.2) is 0 Å². The normalized spacial score (nSPS) is 23.3. The van der Waals surface area contributed by atoms with Crippen molar-refractivity contribution >= 4 is 11.6 Å². The molecule has 1 unspecified atom stereocenters. The number of carbonyl (C=O) groups is 1. The van der Waals surface area contributed by atoms with Gasteiger partial charge in [0.1, 0.15) is 0 Å². The smallest absolute Gasteiger partial charge is 0.231 e. The molecule has 21 heavy (non-hydrogen) atoms. The SMILES string of the molecule is Cc1ccc(NC(=O)C2(C)CCCN(C(C)C)C2)cc1C. The second kappa shape index (κ2) is 6.18. The summed E-state index contributed by atoms with van der Waals surface area (Å²) in [5, 5.41) is 3.11. The Hall–Kier alpha value is -1.35. The fraction of sp³-hybridized carbons (Fsp3) is 0.611. The predicted octanol–water partition coefficient (Wildman–Crippen LogP) is 3.75. The molecule has 0 saturated carbocycles. The van der Waals surface area contributed by atoms with Gasteiger partial charge in [-0.2, -0.15) is 0 Å². The molecule has 1 atom stereocenters. The summed E-state index contributed by atoms with van der Waals surface area (Å²) in [5.74, 6) is 0.149. The molecule has 0 aromatic heterocycles. The number of amides is 1. The van der Waals surface area contributed by atoms with Crippen molar-refractivity contribution in [3.63, 3.8) is 0 Å². The first-order valence-corrected chi connectivity index (χ1v) is 7.94. The van der Waals surface area contributed by atoms with Crippen molar-refractivity contribution in [2.45, 2.75) is 53.5 Å². The molecule has 1 N–H and O–H groups in total. The number of nitrogens with zero attached hydrogens (tertiary/aromatic N) is 1. The van der Waals surface area contributed by atoms with Gasteiger partial charge in [0.05, 0.1) is 5.41 Å². The Labute approximate surface area is 128 Å². The highest BCUT2D eigenvalue weighted by Crippen LogP contribution is 2.32. The van der Waals surface area contributed by atoms with Gasteiger partial charge in [0.2, 0.25) is 5.91 Å². The Bertz CT molecular complexity index is 524. The molecule has 1 aliphatic rings. The summed E-state index contributed by atoms with van der Waals surface area (Å²) in [4.78, 5) is 15.1. The summed E-state index contributed by atoms with van der Waals surface area (Å²) in [6, 6.07) is 6.61. The molecule has 0 spiro atoms. The van der Waals surface area contributed by atoms with E-state index in [1.54, 1.807) is 0 Å². The lowest BCUT2D eigenvalue weighted by molar-refractivity contribution is -0.128. The minimum absolute atomic E-state index is 0.149. The van der Waals surface area contributed by atoms with Crippen LogP contribution in [0.1, 0.15) is 44.7 Å². The molecule has 0 aliphatic carbocycles. The lowest BCUT2D eigenvalue weighted by Crippen LogP contribution is -2.50. The zero-order chi connectivity index (χ0) is 15.6. The van der Waals surface area contributed by atoms with Gasteiger partial charge >= 0.3 is 0 Å². The molecule has 1 heterocycles. The number of nitrogens with one attached hydrogen (secondary N) is 1. The molecule has 116 valence electrons. The van der Waals surface area contributed by atoms with Crippen LogP contribution < -0.4 is 5.32 Å². The van der Waals surface area contributed by atoms with E-state index >= 15 is 0 Å². The standard InChI is InChI=1S/C18H28N2O/c1-13(2)20-10-6-9-18(5,12-20)17(21)19-16-8-7-14(3)15(4)11-16/h7-8,11,13H,6,9-10,12H2,1-5H3,(H,19,21). The fourth-order valence-corrected chi connectivity index (χ4v) is 3.01. The van der Waals surface area contributed by atoms with Gasteiger partial charge in [-0.05, 0) is 77.3 Å². The molecule has 1 amide bonds. The summed E-state index contributed by atoms with van der Waals surface area (Å²) in [6.45, 7) is 12.6.